The van der Waals surface area contributed by atoms with Crippen LogP contribution in [-0.2, 0) is 11.2 Å². The molecule has 1 fully saturated rings. The summed E-state index contributed by atoms with van der Waals surface area (Å²) in [6, 6.07) is 2.13. The van der Waals surface area contributed by atoms with Crippen LogP contribution in [0.3, 0.4) is 0 Å². The molecule has 3 unspecified atom stereocenters. The zero-order valence-electron chi connectivity index (χ0n) is 12.9. The van der Waals surface area contributed by atoms with Gasteiger partial charge in [-0.25, -0.2) is 0 Å². The van der Waals surface area contributed by atoms with Gasteiger partial charge >= 0.3 is 0 Å². The van der Waals surface area contributed by atoms with Crippen molar-refractivity contribution < 1.29 is 4.74 Å². The largest absolute Gasteiger partial charge is 0.398 e. The molecule has 0 saturated heterocycles. The predicted molar refractivity (Wildman–Crippen MR) is 82.6 cm³/mol. The Morgan fingerprint density at radius 2 is 2.40 bits per heavy atom. The molecule has 1 heterocycles. The highest BCUT2D eigenvalue weighted by Gasteiger charge is 2.41. The molecule has 0 bridgehead atoms. The molecule has 0 amide bonds. The van der Waals surface area contributed by atoms with Gasteiger partial charge < -0.3 is 15.8 Å². The van der Waals surface area contributed by atoms with Crippen LogP contribution < -0.4 is 11.1 Å². The Morgan fingerprint density at radius 3 is 3.00 bits per heavy atom. The summed E-state index contributed by atoms with van der Waals surface area (Å²) >= 11 is 0. The van der Waals surface area contributed by atoms with Crippen LogP contribution in [0, 0.1) is 5.92 Å². The number of nitrogens with zero attached hydrogens (tertiary/aromatic N) is 1. The number of methoxy groups -OCH3 is 1. The van der Waals surface area contributed by atoms with Gasteiger partial charge in [-0.15, -0.1) is 0 Å². The van der Waals surface area contributed by atoms with Crippen molar-refractivity contribution in [3.05, 3.63) is 24.0 Å². The molecule has 1 aliphatic rings. The van der Waals surface area contributed by atoms with Crippen molar-refractivity contribution in [2.75, 3.05) is 19.9 Å². The number of anilines is 1. The van der Waals surface area contributed by atoms with Crippen molar-refractivity contribution in [2.24, 2.45) is 5.92 Å². The van der Waals surface area contributed by atoms with Gasteiger partial charge in [0.25, 0.3) is 0 Å². The van der Waals surface area contributed by atoms with E-state index < -0.39 is 0 Å². The second-order valence-electron chi connectivity index (χ2n) is 6.09. The third-order valence-electron chi connectivity index (χ3n) is 4.75. The number of likely N-dealkylation sites (N-methyl/N-ethyl adjacent to an activating group) is 1. The van der Waals surface area contributed by atoms with Crippen molar-refractivity contribution in [3.63, 3.8) is 0 Å². The SMILES string of the molecule is CNC(Cc1cnccc1N)C1(OC)CCCC(C)C1. The van der Waals surface area contributed by atoms with Gasteiger partial charge in [0, 0.05) is 31.2 Å². The highest BCUT2D eigenvalue weighted by atomic mass is 16.5. The first kappa shape index (κ1) is 15.3. The van der Waals surface area contributed by atoms with Gasteiger partial charge in [-0.2, -0.15) is 0 Å². The van der Waals surface area contributed by atoms with E-state index in [1.807, 2.05) is 26.4 Å². The number of nitrogens with two attached hydrogens (primary N) is 1. The number of hydrogen-bond acceptors (Lipinski definition) is 4. The summed E-state index contributed by atoms with van der Waals surface area (Å²) in [5, 5.41) is 3.45. The fourth-order valence-corrected chi connectivity index (χ4v) is 3.57. The molecular formula is C16H27N3O. The molecule has 3 N–H and O–H groups in total. The maximum Gasteiger partial charge on any atom is 0.0836 e. The Bertz CT molecular complexity index is 437. The first-order valence-corrected chi connectivity index (χ1v) is 7.52. The minimum absolute atomic E-state index is 0.0886. The number of rotatable bonds is 5. The van der Waals surface area contributed by atoms with E-state index in [0.29, 0.717) is 5.92 Å². The molecule has 4 heteroatoms. The summed E-state index contributed by atoms with van der Waals surface area (Å²) in [4.78, 5) is 4.19. The average Bonchev–Trinajstić information content (AvgIpc) is 2.46. The normalized spacial score (nSPS) is 28.2. The monoisotopic (exact) mass is 277 g/mol. The lowest BCUT2D eigenvalue weighted by atomic mass is 9.73. The van der Waals surface area contributed by atoms with E-state index in [9.17, 15) is 0 Å². The lowest BCUT2D eigenvalue weighted by molar-refractivity contribution is -0.0775. The number of pyridine rings is 1. The van der Waals surface area contributed by atoms with Crippen molar-refractivity contribution in [3.8, 4) is 0 Å². The van der Waals surface area contributed by atoms with Gasteiger partial charge in [0.05, 0.1) is 5.60 Å². The number of ether oxygens (including phenoxy) is 1. The Kier molecular flexibility index (Phi) is 5.00. The average molecular weight is 277 g/mol. The van der Waals surface area contributed by atoms with E-state index in [0.717, 1.165) is 30.5 Å². The second kappa shape index (κ2) is 6.55. The smallest absolute Gasteiger partial charge is 0.0836 e. The second-order valence-corrected chi connectivity index (χ2v) is 6.09. The van der Waals surface area contributed by atoms with E-state index in [1.165, 1.54) is 12.8 Å². The van der Waals surface area contributed by atoms with Gasteiger partial charge in [-0.1, -0.05) is 19.8 Å². The maximum atomic E-state index is 6.06. The number of nitrogens with one attached hydrogen (secondary N) is 1. The van der Waals surface area contributed by atoms with Gasteiger partial charge in [-0.3, -0.25) is 4.98 Å². The number of nitrogen functional groups attached to an aromatic ring is 1. The highest BCUT2D eigenvalue weighted by Crippen LogP contribution is 2.38. The van der Waals surface area contributed by atoms with E-state index in [2.05, 4.69) is 17.2 Å². The van der Waals surface area contributed by atoms with E-state index in [-0.39, 0.29) is 11.6 Å². The minimum Gasteiger partial charge on any atom is -0.398 e. The van der Waals surface area contributed by atoms with E-state index in [1.54, 1.807) is 6.20 Å². The summed E-state index contributed by atoms with van der Waals surface area (Å²) < 4.78 is 5.99. The van der Waals surface area contributed by atoms with Gasteiger partial charge in [0.2, 0.25) is 0 Å². The quantitative estimate of drug-likeness (QED) is 0.867. The molecule has 0 aliphatic heterocycles. The molecule has 1 aromatic rings. The fourth-order valence-electron chi connectivity index (χ4n) is 3.57. The maximum absolute atomic E-state index is 6.06. The molecule has 1 saturated carbocycles. The predicted octanol–water partition coefficient (Wildman–Crippen LogP) is 2.39. The van der Waals surface area contributed by atoms with Crippen LogP contribution >= 0.6 is 0 Å². The third kappa shape index (κ3) is 3.13. The summed E-state index contributed by atoms with van der Waals surface area (Å²) in [7, 11) is 3.85. The zero-order chi connectivity index (χ0) is 14.6. The van der Waals surface area contributed by atoms with Crippen LogP contribution in [0.1, 0.15) is 38.2 Å². The van der Waals surface area contributed by atoms with Crippen molar-refractivity contribution in [1.29, 1.82) is 0 Å². The zero-order valence-corrected chi connectivity index (χ0v) is 12.9. The lowest BCUT2D eigenvalue weighted by Crippen LogP contribution is -2.54. The number of aromatic nitrogens is 1. The van der Waals surface area contributed by atoms with Crippen molar-refractivity contribution in [1.82, 2.24) is 10.3 Å². The Morgan fingerprint density at radius 1 is 1.60 bits per heavy atom. The molecule has 3 atom stereocenters. The lowest BCUT2D eigenvalue weighted by Gasteiger charge is -2.44. The molecule has 1 aliphatic carbocycles. The van der Waals surface area contributed by atoms with Crippen molar-refractivity contribution in [2.45, 2.75) is 50.7 Å². The first-order valence-electron chi connectivity index (χ1n) is 7.52. The molecular weight excluding hydrogens is 250 g/mol. The Hall–Kier alpha value is -1.13. The van der Waals surface area contributed by atoms with Crippen LogP contribution in [0.5, 0.6) is 0 Å². The van der Waals surface area contributed by atoms with Crippen LogP contribution in [0.4, 0.5) is 5.69 Å². The summed E-state index contributed by atoms with van der Waals surface area (Å²) in [5.41, 5.74) is 7.88. The number of hydrogen-bond donors (Lipinski definition) is 2. The summed E-state index contributed by atoms with van der Waals surface area (Å²) in [5.74, 6) is 0.714. The molecule has 0 aromatic carbocycles. The van der Waals surface area contributed by atoms with Crippen molar-refractivity contribution >= 4 is 5.69 Å². The Balaban J connectivity index is 2.19. The topological polar surface area (TPSA) is 60.2 Å². The molecule has 0 radical (unpaired) electrons. The molecule has 112 valence electrons. The van der Waals surface area contributed by atoms with Crippen LogP contribution in [0.25, 0.3) is 0 Å². The molecule has 2 rings (SSSR count). The molecule has 20 heavy (non-hydrogen) atoms. The van der Waals surface area contributed by atoms with E-state index >= 15 is 0 Å². The van der Waals surface area contributed by atoms with Crippen LogP contribution in [0.15, 0.2) is 18.5 Å². The van der Waals surface area contributed by atoms with Crippen LogP contribution in [-0.4, -0.2) is 30.8 Å². The molecule has 4 nitrogen and oxygen atoms in total. The van der Waals surface area contributed by atoms with Gasteiger partial charge in [0.1, 0.15) is 0 Å². The summed E-state index contributed by atoms with van der Waals surface area (Å²) in [6.07, 6.45) is 9.22. The fraction of sp³-hybridized carbons (Fsp3) is 0.688. The molecule has 1 aromatic heterocycles. The van der Waals surface area contributed by atoms with Gasteiger partial charge in [-0.05, 0) is 43.9 Å². The highest BCUT2D eigenvalue weighted by molar-refractivity contribution is 5.44. The van der Waals surface area contributed by atoms with Crippen LogP contribution in [0.2, 0.25) is 0 Å². The molecule has 0 spiro atoms. The van der Waals surface area contributed by atoms with E-state index in [4.69, 9.17) is 10.5 Å². The first-order chi connectivity index (χ1) is 9.61. The van der Waals surface area contributed by atoms with Gasteiger partial charge in [0.15, 0.2) is 0 Å². The summed E-state index contributed by atoms with van der Waals surface area (Å²) in [6.45, 7) is 2.32. The standard InChI is InChI=1S/C16H27N3O/c1-12-5-4-7-16(10-12,20-3)15(18-2)9-13-11-19-8-6-14(13)17/h6,8,11-12,15,18H,4-5,7,9-10H2,1-3H3,(H2,17,19). The third-order valence-corrected chi connectivity index (χ3v) is 4.75. The minimum atomic E-state index is -0.0886. The Labute approximate surface area is 122 Å².